The Kier molecular flexibility index (Phi) is 6.62. The first-order valence-electron chi connectivity index (χ1n) is 15.6. The van der Waals surface area contributed by atoms with E-state index in [1.165, 1.54) is 18.3 Å². The average Bonchev–Trinajstić information content (AvgIpc) is 3.53. The van der Waals surface area contributed by atoms with E-state index in [1.54, 1.807) is 0 Å². The van der Waals surface area contributed by atoms with Crippen molar-refractivity contribution in [3.63, 3.8) is 0 Å². The molecule has 4 aromatic rings. The molecule has 0 bridgehead atoms. The maximum Gasteiger partial charge on any atom is 0.319 e. The van der Waals surface area contributed by atoms with Crippen LogP contribution in [0.25, 0.3) is 32.9 Å². The van der Waals surface area contributed by atoms with Crippen LogP contribution in [-0.2, 0) is 0 Å². The summed E-state index contributed by atoms with van der Waals surface area (Å²) in [6, 6.07) is 4.61. The van der Waals surface area contributed by atoms with Crippen molar-refractivity contribution in [3.05, 3.63) is 47.9 Å². The van der Waals surface area contributed by atoms with Gasteiger partial charge in [-0.05, 0) is 74.1 Å². The number of alkyl halides is 1. The lowest BCUT2D eigenvalue weighted by Crippen LogP contribution is -2.52. The highest BCUT2D eigenvalue weighted by Crippen LogP contribution is 2.49. The van der Waals surface area contributed by atoms with Crippen molar-refractivity contribution in [1.29, 1.82) is 0 Å². The highest BCUT2D eigenvalue weighted by Gasteiger charge is 2.50. The molecule has 2 atom stereocenters. The fourth-order valence-electron chi connectivity index (χ4n) is 8.39. The summed E-state index contributed by atoms with van der Waals surface area (Å²) in [4.78, 5) is 17.7. The number of hydrogen-bond donors (Lipinski definition) is 2. The van der Waals surface area contributed by atoms with Crippen LogP contribution in [0.15, 0.2) is 30.5 Å². The molecule has 0 radical (unpaired) electrons. The van der Waals surface area contributed by atoms with Gasteiger partial charge < -0.3 is 19.8 Å². The van der Waals surface area contributed by atoms with Gasteiger partial charge in [0.2, 0.25) is 0 Å². The van der Waals surface area contributed by atoms with Gasteiger partial charge in [-0.3, -0.25) is 9.88 Å². The molecule has 3 saturated heterocycles. The second-order valence-electron chi connectivity index (χ2n) is 13.4. The fourth-order valence-corrected chi connectivity index (χ4v) is 8.39. The lowest BCUT2D eigenvalue weighted by molar-refractivity contribution is -0.0396. The quantitative estimate of drug-likeness (QED) is 0.275. The lowest BCUT2D eigenvalue weighted by Gasteiger charge is -2.51. The van der Waals surface area contributed by atoms with Crippen LogP contribution in [0.4, 0.5) is 23.4 Å². The monoisotopic (exact) mass is 623 g/mol. The van der Waals surface area contributed by atoms with E-state index in [-0.39, 0.29) is 57.4 Å². The van der Waals surface area contributed by atoms with Crippen LogP contribution < -0.4 is 9.64 Å². The Morgan fingerprint density at radius 2 is 1.82 bits per heavy atom. The van der Waals surface area contributed by atoms with Gasteiger partial charge in [0.05, 0.1) is 17.0 Å². The van der Waals surface area contributed by atoms with Crippen molar-refractivity contribution in [1.82, 2.24) is 19.9 Å². The number of ether oxygens (including phenoxy) is 1. The van der Waals surface area contributed by atoms with Crippen LogP contribution in [0.5, 0.6) is 11.8 Å². The molecule has 4 fully saturated rings. The van der Waals surface area contributed by atoms with Crippen molar-refractivity contribution in [3.8, 4) is 23.0 Å². The molecule has 1 spiro atoms. The summed E-state index contributed by atoms with van der Waals surface area (Å²) in [5, 5.41) is 20.8. The predicted octanol–water partition coefficient (Wildman–Crippen LogP) is 5.66. The number of benzene rings is 2. The summed E-state index contributed by atoms with van der Waals surface area (Å²) >= 11 is 0. The number of pyridine rings is 1. The van der Waals surface area contributed by atoms with Crippen molar-refractivity contribution < 1.29 is 32.5 Å². The predicted molar refractivity (Wildman–Crippen MR) is 159 cm³/mol. The van der Waals surface area contributed by atoms with Crippen molar-refractivity contribution in [2.75, 3.05) is 37.7 Å². The Labute approximate surface area is 256 Å². The van der Waals surface area contributed by atoms with Gasteiger partial charge in [-0.2, -0.15) is 9.97 Å². The zero-order chi connectivity index (χ0) is 31.1. The molecule has 8 rings (SSSR count). The summed E-state index contributed by atoms with van der Waals surface area (Å²) in [5.74, 6) is -3.02. The number of nitrogens with zero attached hydrogens (tertiary/aromatic N) is 5. The number of rotatable bonds is 5. The average molecular weight is 624 g/mol. The Morgan fingerprint density at radius 3 is 2.64 bits per heavy atom. The smallest absolute Gasteiger partial charge is 0.319 e. The minimum absolute atomic E-state index is 0.0622. The largest absolute Gasteiger partial charge is 0.508 e. The Balaban J connectivity index is 1.26. The van der Waals surface area contributed by atoms with E-state index in [1.807, 2.05) is 0 Å². The van der Waals surface area contributed by atoms with Crippen LogP contribution in [0.1, 0.15) is 44.9 Å². The maximum atomic E-state index is 16.6. The maximum absolute atomic E-state index is 16.6. The van der Waals surface area contributed by atoms with Gasteiger partial charge in [-0.1, -0.05) is 6.07 Å². The molecule has 4 aliphatic rings. The Hall–Kier alpha value is -3.77. The number of phenols is 1. The Morgan fingerprint density at radius 1 is 1.00 bits per heavy atom. The molecule has 2 N–H and O–H groups in total. The van der Waals surface area contributed by atoms with Gasteiger partial charge in [0, 0.05) is 43.2 Å². The number of anilines is 1. The first-order chi connectivity index (χ1) is 21.6. The molecule has 1 aliphatic carbocycles. The molecule has 45 heavy (non-hydrogen) atoms. The van der Waals surface area contributed by atoms with Gasteiger partial charge in [-0.25, -0.2) is 17.6 Å². The van der Waals surface area contributed by atoms with Crippen molar-refractivity contribution >= 4 is 27.5 Å². The van der Waals surface area contributed by atoms with E-state index in [0.717, 1.165) is 44.4 Å². The molecule has 12 heteroatoms. The molecule has 1 saturated carbocycles. The summed E-state index contributed by atoms with van der Waals surface area (Å²) in [6.07, 6.45) is 5.38. The number of halogens is 4. The van der Waals surface area contributed by atoms with E-state index in [0.29, 0.717) is 50.1 Å². The molecule has 0 amide bonds. The molecular weight excluding hydrogens is 590 g/mol. The minimum atomic E-state index is -1.18. The van der Waals surface area contributed by atoms with E-state index in [4.69, 9.17) is 9.72 Å². The van der Waals surface area contributed by atoms with E-state index >= 15 is 8.78 Å². The third-order valence-corrected chi connectivity index (χ3v) is 10.4. The topological polar surface area (TPSA) is 94.8 Å². The van der Waals surface area contributed by atoms with Gasteiger partial charge in [0.1, 0.15) is 35.6 Å². The minimum Gasteiger partial charge on any atom is -0.508 e. The molecular formula is C33H33F4N5O3. The zero-order valence-electron chi connectivity index (χ0n) is 24.6. The first-order valence-corrected chi connectivity index (χ1v) is 15.6. The van der Waals surface area contributed by atoms with Gasteiger partial charge in [-0.15, -0.1) is 0 Å². The summed E-state index contributed by atoms with van der Waals surface area (Å²) in [7, 11) is 0. The number of phenolic OH excluding ortho intramolecular Hbond substituents is 1. The van der Waals surface area contributed by atoms with Crippen molar-refractivity contribution in [2.45, 2.75) is 62.8 Å². The normalized spacial score (nSPS) is 28.2. The number of aromatic hydroxyl groups is 1. The second kappa shape index (κ2) is 10.4. The number of fused-ring (bicyclic) bond motifs is 3. The first kappa shape index (κ1) is 28.7. The molecule has 3 aliphatic heterocycles. The number of aromatic nitrogens is 3. The summed E-state index contributed by atoms with van der Waals surface area (Å²) in [6.45, 7) is 2.55. The molecule has 0 unspecified atom stereocenters. The van der Waals surface area contributed by atoms with Gasteiger partial charge in [0.15, 0.2) is 17.5 Å². The van der Waals surface area contributed by atoms with Crippen LogP contribution in [0.3, 0.4) is 0 Å². The molecule has 5 heterocycles. The molecule has 2 aromatic carbocycles. The number of piperidine rings is 1. The third-order valence-electron chi connectivity index (χ3n) is 10.4. The van der Waals surface area contributed by atoms with E-state index < -0.39 is 29.2 Å². The highest BCUT2D eigenvalue weighted by atomic mass is 19.2. The number of hydrogen-bond acceptors (Lipinski definition) is 8. The van der Waals surface area contributed by atoms with Crippen LogP contribution in [0.2, 0.25) is 0 Å². The zero-order valence-corrected chi connectivity index (χ0v) is 24.6. The van der Waals surface area contributed by atoms with E-state index in [9.17, 15) is 19.0 Å². The van der Waals surface area contributed by atoms with E-state index in [2.05, 4.69) is 19.8 Å². The van der Waals surface area contributed by atoms with Crippen LogP contribution in [-0.4, -0.2) is 80.7 Å². The number of aliphatic hydroxyl groups is 1. The van der Waals surface area contributed by atoms with Gasteiger partial charge >= 0.3 is 6.01 Å². The van der Waals surface area contributed by atoms with Crippen LogP contribution in [0, 0.1) is 22.9 Å². The standard InChI is InChI=1S/C33H33F4N5O3/c34-19-11-33(6-2-8-42(33)15-19)17-45-31-39-29-23(30(40-31)41-7-1-5-32(16-41)12-21(44)13-32)14-38-28(27(29)37)22-10-20(43)9-18-3-4-24(35)26(36)25(18)22/h3-4,9-10,14,19,21,43-44H,1-2,5-8,11-13,15-17H2/t19-,21?,32?,33+/m1/s1. The number of aliphatic hydroxyl groups excluding tert-OH is 1. The summed E-state index contributed by atoms with van der Waals surface area (Å²) in [5.41, 5.74) is -1.08. The van der Waals surface area contributed by atoms with Crippen molar-refractivity contribution in [2.24, 2.45) is 5.41 Å². The lowest BCUT2D eigenvalue weighted by atomic mass is 9.62. The third kappa shape index (κ3) is 4.67. The fraction of sp³-hybridized carbons (Fsp3) is 0.485. The van der Waals surface area contributed by atoms with Gasteiger partial charge in [0.25, 0.3) is 0 Å². The highest BCUT2D eigenvalue weighted by molar-refractivity contribution is 6.00. The Bertz CT molecular complexity index is 1830. The molecule has 2 aromatic heterocycles. The molecule has 8 nitrogen and oxygen atoms in total. The summed E-state index contributed by atoms with van der Waals surface area (Å²) < 4.78 is 66.7. The second-order valence-corrected chi connectivity index (χ2v) is 13.4. The molecule has 236 valence electrons. The SMILES string of the molecule is Oc1cc(-c2ncc3c(N4CCCC5(CC(O)C5)C4)nc(OC[C@@]45CCCN4C[C@H](F)C5)nc3c2F)c2c(F)c(F)ccc2c1. The van der Waals surface area contributed by atoms with Crippen LogP contribution >= 0.6 is 0 Å².